The van der Waals surface area contributed by atoms with Gasteiger partial charge < -0.3 is 19.7 Å². The monoisotopic (exact) mass is 530 g/mol. The molecule has 0 heterocycles. The van der Waals surface area contributed by atoms with Crippen LogP contribution in [-0.4, -0.2) is 48.6 Å². The minimum absolute atomic E-state index is 0.0397. The molecule has 38 heavy (non-hydrogen) atoms. The third-order valence-corrected chi connectivity index (χ3v) is 13.5. The van der Waals surface area contributed by atoms with Crippen LogP contribution in [0.3, 0.4) is 0 Å². The highest BCUT2D eigenvalue weighted by Crippen LogP contribution is 2.75. The molecule has 6 heteroatoms. The molecule has 5 aliphatic rings. The van der Waals surface area contributed by atoms with Gasteiger partial charge in [-0.15, -0.1) is 0 Å². The van der Waals surface area contributed by atoms with E-state index in [-0.39, 0.29) is 45.4 Å². The Bertz CT molecular complexity index is 1050. The third kappa shape index (κ3) is 3.31. The molecule has 0 spiro atoms. The van der Waals surface area contributed by atoms with Gasteiger partial charge in [0.05, 0.1) is 37.3 Å². The number of carbonyl (C=O) groups is 2. The average molecular weight is 531 g/mol. The molecular weight excluding hydrogens is 480 g/mol. The van der Waals surface area contributed by atoms with Crippen molar-refractivity contribution in [2.75, 3.05) is 14.2 Å². The summed E-state index contributed by atoms with van der Waals surface area (Å²) >= 11 is 0. The van der Waals surface area contributed by atoms with E-state index in [1.807, 2.05) is 0 Å². The second kappa shape index (κ2) is 8.55. The second-order valence-electron chi connectivity index (χ2n) is 15.4. The Kier molecular flexibility index (Phi) is 6.33. The van der Waals surface area contributed by atoms with Crippen molar-refractivity contribution in [3.63, 3.8) is 0 Å². The predicted molar refractivity (Wildman–Crippen MR) is 145 cm³/mol. The van der Waals surface area contributed by atoms with Gasteiger partial charge in [-0.2, -0.15) is 0 Å². The predicted octanol–water partition coefficient (Wildman–Crippen LogP) is 5.45. The quantitative estimate of drug-likeness (QED) is 0.365. The molecule has 5 aliphatic carbocycles. The summed E-state index contributed by atoms with van der Waals surface area (Å²) in [5, 5.41) is 22.3. The number of aliphatic hydroxyl groups excluding tert-OH is 2. The van der Waals surface area contributed by atoms with E-state index >= 15 is 0 Å². The van der Waals surface area contributed by atoms with E-state index < -0.39 is 29.0 Å². The number of fused-ring (bicyclic) bond motifs is 7. The topological polar surface area (TPSA) is 93.1 Å². The fourth-order valence-electron chi connectivity index (χ4n) is 11.1. The van der Waals surface area contributed by atoms with Crippen LogP contribution in [0.15, 0.2) is 11.6 Å². The van der Waals surface area contributed by atoms with Gasteiger partial charge in [0.2, 0.25) is 0 Å². The lowest BCUT2D eigenvalue weighted by molar-refractivity contribution is -0.241. The van der Waals surface area contributed by atoms with Gasteiger partial charge in [0.1, 0.15) is 0 Å². The van der Waals surface area contributed by atoms with E-state index in [0.29, 0.717) is 6.42 Å². The van der Waals surface area contributed by atoms with E-state index in [0.717, 1.165) is 51.4 Å². The van der Waals surface area contributed by atoms with Crippen LogP contribution in [0.5, 0.6) is 0 Å². The number of hydrogen-bond donors (Lipinski definition) is 2. The molecule has 0 saturated heterocycles. The smallest absolute Gasteiger partial charge is 0.314 e. The number of hydrogen-bond acceptors (Lipinski definition) is 6. The maximum Gasteiger partial charge on any atom is 0.314 e. The summed E-state index contributed by atoms with van der Waals surface area (Å²) in [7, 11) is 2.92. The van der Waals surface area contributed by atoms with Gasteiger partial charge in [-0.3, -0.25) is 9.59 Å². The summed E-state index contributed by atoms with van der Waals surface area (Å²) in [6.45, 7) is 13.6. The Balaban J connectivity index is 1.61. The third-order valence-electron chi connectivity index (χ3n) is 13.5. The zero-order chi connectivity index (χ0) is 28.1. The van der Waals surface area contributed by atoms with E-state index in [1.165, 1.54) is 19.8 Å². The highest BCUT2D eigenvalue weighted by molar-refractivity contribution is 5.79. The summed E-state index contributed by atoms with van der Waals surface area (Å²) in [5.74, 6) is -0.117. The molecule has 2 N–H and O–H groups in total. The average Bonchev–Trinajstić information content (AvgIpc) is 2.86. The number of allylic oxidation sites excluding steroid dienone is 2. The lowest BCUT2D eigenvalue weighted by Gasteiger charge is -2.71. The van der Waals surface area contributed by atoms with Gasteiger partial charge in [-0.1, -0.05) is 46.3 Å². The molecule has 0 amide bonds. The van der Waals surface area contributed by atoms with Crippen LogP contribution in [0.2, 0.25) is 0 Å². The van der Waals surface area contributed by atoms with E-state index in [1.54, 1.807) is 6.92 Å². The highest BCUT2D eigenvalue weighted by atomic mass is 16.5. The van der Waals surface area contributed by atoms with Crippen molar-refractivity contribution in [2.24, 2.45) is 50.2 Å². The van der Waals surface area contributed by atoms with Gasteiger partial charge in [-0.25, -0.2) is 0 Å². The molecule has 214 valence electrons. The first-order chi connectivity index (χ1) is 17.6. The molecule has 4 saturated carbocycles. The number of carbonyl (C=O) groups excluding carboxylic acids is 2. The van der Waals surface area contributed by atoms with Gasteiger partial charge in [0.25, 0.3) is 0 Å². The lowest BCUT2D eigenvalue weighted by atomic mass is 9.33. The molecule has 0 aromatic carbocycles. The minimum atomic E-state index is -1.15. The number of rotatable bonds is 2. The van der Waals surface area contributed by atoms with Gasteiger partial charge in [0.15, 0.2) is 0 Å². The van der Waals surface area contributed by atoms with Crippen molar-refractivity contribution < 1.29 is 29.3 Å². The van der Waals surface area contributed by atoms with Crippen molar-refractivity contribution in [1.29, 1.82) is 0 Å². The molecule has 0 bridgehead atoms. The van der Waals surface area contributed by atoms with Gasteiger partial charge in [0, 0.05) is 0 Å². The van der Waals surface area contributed by atoms with Crippen LogP contribution in [-0.2, 0) is 19.1 Å². The summed E-state index contributed by atoms with van der Waals surface area (Å²) in [6.07, 6.45) is 8.14. The van der Waals surface area contributed by atoms with E-state index in [4.69, 9.17) is 9.47 Å². The number of aliphatic hydroxyl groups is 2. The van der Waals surface area contributed by atoms with E-state index in [9.17, 15) is 19.8 Å². The normalized spacial score (nSPS) is 51.3. The van der Waals surface area contributed by atoms with Gasteiger partial charge >= 0.3 is 11.9 Å². The summed E-state index contributed by atoms with van der Waals surface area (Å²) in [6, 6.07) is 0. The summed E-state index contributed by atoms with van der Waals surface area (Å²) in [4.78, 5) is 26.6. The fraction of sp³-hybridized carbons (Fsp3) is 0.875. The van der Waals surface area contributed by atoms with Crippen molar-refractivity contribution in [1.82, 2.24) is 0 Å². The minimum Gasteiger partial charge on any atom is -0.469 e. The van der Waals surface area contributed by atoms with Crippen molar-refractivity contribution in [3.8, 4) is 0 Å². The largest absolute Gasteiger partial charge is 0.469 e. The van der Waals surface area contributed by atoms with E-state index in [2.05, 4.69) is 40.7 Å². The number of methoxy groups -OCH3 is 2. The van der Waals surface area contributed by atoms with Gasteiger partial charge in [-0.05, 0) is 104 Å². The van der Waals surface area contributed by atoms with Crippen molar-refractivity contribution in [3.05, 3.63) is 11.6 Å². The van der Waals surface area contributed by atoms with Crippen molar-refractivity contribution >= 4 is 11.9 Å². The number of esters is 2. The highest BCUT2D eigenvalue weighted by Gasteiger charge is 2.72. The van der Waals surface area contributed by atoms with Crippen LogP contribution in [0.1, 0.15) is 99.3 Å². The molecule has 10 atom stereocenters. The van der Waals surface area contributed by atoms with Crippen LogP contribution in [0, 0.1) is 50.2 Å². The molecule has 6 nitrogen and oxygen atoms in total. The summed E-state index contributed by atoms with van der Waals surface area (Å²) < 4.78 is 10.7. The Morgan fingerprint density at radius 1 is 0.842 bits per heavy atom. The first-order valence-corrected chi connectivity index (χ1v) is 14.8. The zero-order valence-electron chi connectivity index (χ0n) is 24.9. The van der Waals surface area contributed by atoms with Crippen LogP contribution >= 0.6 is 0 Å². The standard InChI is InChI=1S/C32H50O6/c1-27(2)13-15-32(26(36)38-8)16-14-29(4)19(20(32)17-27)9-10-22-28(3)18-21(33)24(34)31(6,25(35)37-7)23(28)11-12-30(22,29)5/h9,20-24,33-34H,10-18H2,1-8H3/t20-,21-,22+,23+,24-,28+,29+,30+,31-,32-/m0/s1. The second-order valence-corrected chi connectivity index (χ2v) is 15.4. The molecule has 5 rings (SSSR count). The molecule has 0 radical (unpaired) electrons. The first-order valence-electron chi connectivity index (χ1n) is 14.8. The maximum atomic E-state index is 13.4. The maximum absolute atomic E-state index is 13.4. The molecule has 4 fully saturated rings. The molecule has 0 aromatic rings. The fourth-order valence-corrected chi connectivity index (χ4v) is 11.1. The Morgan fingerprint density at radius 2 is 1.47 bits per heavy atom. The van der Waals surface area contributed by atoms with Crippen molar-refractivity contribution in [2.45, 2.75) is 112 Å². The molecular formula is C32H50O6. The van der Waals surface area contributed by atoms with Crippen LogP contribution in [0.4, 0.5) is 0 Å². The number of ether oxygens (including phenoxy) is 2. The van der Waals surface area contributed by atoms with Crippen LogP contribution < -0.4 is 0 Å². The zero-order valence-corrected chi connectivity index (χ0v) is 24.9. The Labute approximate surface area is 228 Å². The molecule has 0 aromatic heterocycles. The first kappa shape index (κ1) is 28.1. The summed E-state index contributed by atoms with van der Waals surface area (Å²) in [5.41, 5.74) is -0.415. The molecule has 0 aliphatic heterocycles. The van der Waals surface area contributed by atoms with Crippen LogP contribution in [0.25, 0.3) is 0 Å². The Hall–Kier alpha value is -1.40. The Morgan fingerprint density at radius 3 is 2.11 bits per heavy atom. The molecule has 0 unspecified atom stereocenters. The SMILES string of the molecule is COC(=O)[C@]12CCC(C)(C)C[C@H]1C1=CC[C@@H]3[C@@]4(C)C[C@H](O)[C@H](O)[C@@](C)(C(=O)OC)[C@@H]4CC[C@@]3(C)[C@]1(C)CC2. The lowest BCUT2D eigenvalue weighted by Crippen LogP contribution is -2.69.